The van der Waals surface area contributed by atoms with E-state index in [-0.39, 0.29) is 35.4 Å². The summed E-state index contributed by atoms with van der Waals surface area (Å²) in [5, 5.41) is 2.94. The molecule has 1 aromatic rings. The number of carbonyl (C=O) groups excluding carboxylic acids is 3. The van der Waals surface area contributed by atoms with Crippen LogP contribution in [-0.4, -0.2) is 69.7 Å². The lowest BCUT2D eigenvalue weighted by Crippen LogP contribution is -2.55. The Bertz CT molecular complexity index is 666. The van der Waals surface area contributed by atoms with Crippen LogP contribution in [0.1, 0.15) is 43.1 Å². The highest BCUT2D eigenvalue weighted by Gasteiger charge is 2.37. The van der Waals surface area contributed by atoms with Gasteiger partial charge >= 0.3 is 0 Å². The van der Waals surface area contributed by atoms with Crippen LogP contribution in [0.4, 0.5) is 0 Å². The molecule has 0 unspecified atom stereocenters. The number of carbonyl (C=O) groups is 3. The molecule has 0 radical (unpaired) electrons. The van der Waals surface area contributed by atoms with E-state index in [9.17, 15) is 14.4 Å². The quantitative estimate of drug-likeness (QED) is 0.786. The Morgan fingerprint density at radius 1 is 1.15 bits per heavy atom. The maximum absolute atomic E-state index is 12.7. The summed E-state index contributed by atoms with van der Waals surface area (Å²) < 4.78 is 0. The fourth-order valence-corrected chi connectivity index (χ4v) is 3.91. The first-order valence-corrected chi connectivity index (χ1v) is 9.18. The highest BCUT2D eigenvalue weighted by molar-refractivity contribution is 5.92. The van der Waals surface area contributed by atoms with E-state index in [2.05, 4.69) is 15.3 Å². The summed E-state index contributed by atoms with van der Waals surface area (Å²) in [6, 6.07) is -0.0900. The highest BCUT2D eigenvalue weighted by atomic mass is 16.2. The number of aromatic nitrogens is 2. The minimum Gasteiger partial charge on any atom is -0.354 e. The molecule has 26 heavy (non-hydrogen) atoms. The summed E-state index contributed by atoms with van der Waals surface area (Å²) in [6.45, 7) is 3.15. The standard InChI is InChI=1S/C18H25N5O3/c1-13(24)23-11-10-22(18(26)15-12-19-6-7-20-15)9-8-21-17(25)14-4-2-3-5-16(14)23/h6-7,12,14,16H,2-5,8-11H2,1H3,(H,21,25)/t14-,16+/m0/s1. The van der Waals surface area contributed by atoms with Crippen LogP contribution in [0.2, 0.25) is 0 Å². The van der Waals surface area contributed by atoms with Gasteiger partial charge in [0.05, 0.1) is 12.1 Å². The fourth-order valence-electron chi connectivity index (χ4n) is 3.91. The van der Waals surface area contributed by atoms with Crippen molar-refractivity contribution in [2.45, 2.75) is 38.6 Å². The minimum absolute atomic E-state index is 0.0187. The van der Waals surface area contributed by atoms with Crippen LogP contribution >= 0.6 is 0 Å². The Balaban J connectivity index is 1.80. The Kier molecular flexibility index (Phi) is 5.80. The predicted octanol–water partition coefficient (Wildman–Crippen LogP) is 0.456. The average Bonchev–Trinajstić information content (AvgIpc) is 2.66. The first kappa shape index (κ1) is 18.3. The molecule has 0 bridgehead atoms. The van der Waals surface area contributed by atoms with Crippen molar-refractivity contribution in [3.63, 3.8) is 0 Å². The Labute approximate surface area is 153 Å². The molecule has 1 N–H and O–H groups in total. The third kappa shape index (κ3) is 4.00. The van der Waals surface area contributed by atoms with Gasteiger partial charge in [0.2, 0.25) is 11.8 Å². The molecule has 8 nitrogen and oxygen atoms in total. The maximum Gasteiger partial charge on any atom is 0.274 e. The van der Waals surface area contributed by atoms with Gasteiger partial charge in [0.25, 0.3) is 5.91 Å². The molecular weight excluding hydrogens is 334 g/mol. The molecule has 1 saturated carbocycles. The maximum atomic E-state index is 12.7. The van der Waals surface area contributed by atoms with E-state index in [1.54, 1.807) is 9.80 Å². The lowest BCUT2D eigenvalue weighted by Gasteiger charge is -2.40. The topological polar surface area (TPSA) is 95.5 Å². The summed E-state index contributed by atoms with van der Waals surface area (Å²) in [6.07, 6.45) is 8.08. The molecule has 2 atom stereocenters. The molecule has 3 rings (SSSR count). The normalized spacial score (nSPS) is 24.4. The van der Waals surface area contributed by atoms with E-state index in [1.165, 1.54) is 25.5 Å². The lowest BCUT2D eigenvalue weighted by atomic mass is 9.82. The predicted molar refractivity (Wildman–Crippen MR) is 94.1 cm³/mol. The van der Waals surface area contributed by atoms with Crippen molar-refractivity contribution in [1.82, 2.24) is 25.1 Å². The third-order valence-electron chi connectivity index (χ3n) is 5.23. The first-order chi connectivity index (χ1) is 12.6. The van der Waals surface area contributed by atoms with Gasteiger partial charge in [-0.25, -0.2) is 4.98 Å². The van der Waals surface area contributed by atoms with Crippen LogP contribution in [0.25, 0.3) is 0 Å². The third-order valence-corrected chi connectivity index (χ3v) is 5.23. The molecule has 140 valence electrons. The number of rotatable bonds is 1. The van der Waals surface area contributed by atoms with Gasteiger partial charge in [0.15, 0.2) is 0 Å². The first-order valence-electron chi connectivity index (χ1n) is 9.18. The van der Waals surface area contributed by atoms with Crippen LogP contribution in [-0.2, 0) is 9.59 Å². The van der Waals surface area contributed by atoms with E-state index >= 15 is 0 Å². The van der Waals surface area contributed by atoms with Crippen molar-refractivity contribution in [2.75, 3.05) is 26.2 Å². The Morgan fingerprint density at radius 2 is 1.96 bits per heavy atom. The Morgan fingerprint density at radius 3 is 2.69 bits per heavy atom. The monoisotopic (exact) mass is 359 g/mol. The van der Waals surface area contributed by atoms with Crippen molar-refractivity contribution in [3.05, 3.63) is 24.3 Å². The molecule has 2 heterocycles. The number of nitrogens with zero attached hydrogens (tertiary/aromatic N) is 4. The number of nitrogens with one attached hydrogen (secondary N) is 1. The van der Waals surface area contributed by atoms with Gasteiger partial charge in [0, 0.05) is 51.5 Å². The zero-order chi connectivity index (χ0) is 18.5. The van der Waals surface area contributed by atoms with Crippen molar-refractivity contribution in [1.29, 1.82) is 0 Å². The van der Waals surface area contributed by atoms with Gasteiger partial charge in [-0.15, -0.1) is 0 Å². The smallest absolute Gasteiger partial charge is 0.274 e. The molecule has 1 saturated heterocycles. The van der Waals surface area contributed by atoms with Crippen LogP contribution in [0.15, 0.2) is 18.6 Å². The van der Waals surface area contributed by atoms with E-state index in [0.29, 0.717) is 26.2 Å². The van der Waals surface area contributed by atoms with Crippen LogP contribution in [0.3, 0.4) is 0 Å². The molecule has 2 aliphatic rings. The summed E-state index contributed by atoms with van der Waals surface area (Å²) in [5.74, 6) is -0.469. The van der Waals surface area contributed by atoms with E-state index in [1.807, 2.05) is 0 Å². The second-order valence-electron chi connectivity index (χ2n) is 6.84. The molecule has 1 aliphatic carbocycles. The molecule has 1 aromatic heterocycles. The van der Waals surface area contributed by atoms with Gasteiger partial charge in [-0.05, 0) is 12.8 Å². The second-order valence-corrected chi connectivity index (χ2v) is 6.84. The van der Waals surface area contributed by atoms with E-state index < -0.39 is 0 Å². The number of amides is 3. The lowest BCUT2D eigenvalue weighted by molar-refractivity contribution is -0.137. The van der Waals surface area contributed by atoms with Crippen molar-refractivity contribution in [2.24, 2.45) is 5.92 Å². The van der Waals surface area contributed by atoms with Gasteiger partial charge in [-0.2, -0.15) is 0 Å². The fraction of sp³-hybridized carbons (Fsp3) is 0.611. The number of fused-ring (bicyclic) bond motifs is 1. The molecule has 2 fully saturated rings. The number of hydrogen-bond donors (Lipinski definition) is 1. The van der Waals surface area contributed by atoms with E-state index in [0.717, 1.165) is 25.7 Å². The van der Waals surface area contributed by atoms with E-state index in [4.69, 9.17) is 0 Å². The van der Waals surface area contributed by atoms with Gasteiger partial charge in [-0.1, -0.05) is 12.8 Å². The molecule has 3 amide bonds. The summed E-state index contributed by atoms with van der Waals surface area (Å²) in [4.78, 5) is 49.0. The average molecular weight is 359 g/mol. The largest absolute Gasteiger partial charge is 0.354 e. The number of hydrogen-bond acceptors (Lipinski definition) is 5. The summed E-state index contributed by atoms with van der Waals surface area (Å²) in [7, 11) is 0. The summed E-state index contributed by atoms with van der Waals surface area (Å²) in [5.41, 5.74) is 0.265. The van der Waals surface area contributed by atoms with Gasteiger partial charge in [-0.3, -0.25) is 19.4 Å². The molecule has 0 spiro atoms. The van der Waals surface area contributed by atoms with Gasteiger partial charge < -0.3 is 15.1 Å². The highest BCUT2D eigenvalue weighted by Crippen LogP contribution is 2.29. The van der Waals surface area contributed by atoms with Crippen LogP contribution in [0, 0.1) is 5.92 Å². The molecule has 0 aromatic carbocycles. The second kappa shape index (κ2) is 8.25. The molecular formula is C18H25N5O3. The molecule has 1 aliphatic heterocycles. The Hall–Kier alpha value is -2.51. The van der Waals surface area contributed by atoms with Crippen LogP contribution in [0.5, 0.6) is 0 Å². The zero-order valence-electron chi connectivity index (χ0n) is 15.1. The van der Waals surface area contributed by atoms with Crippen molar-refractivity contribution < 1.29 is 14.4 Å². The van der Waals surface area contributed by atoms with Crippen molar-refractivity contribution in [3.8, 4) is 0 Å². The molecule has 8 heteroatoms. The summed E-state index contributed by atoms with van der Waals surface area (Å²) >= 11 is 0. The zero-order valence-corrected chi connectivity index (χ0v) is 15.1. The SMILES string of the molecule is CC(=O)N1CCN(C(=O)c2cnccn2)CCNC(=O)[C@H]2CCCC[C@H]21. The van der Waals surface area contributed by atoms with Gasteiger partial charge in [0.1, 0.15) is 5.69 Å². The van der Waals surface area contributed by atoms with Crippen molar-refractivity contribution >= 4 is 17.7 Å². The van der Waals surface area contributed by atoms with Crippen LogP contribution < -0.4 is 5.32 Å². The minimum atomic E-state index is -0.239.